The Bertz CT molecular complexity index is 623. The van der Waals surface area contributed by atoms with Crippen molar-refractivity contribution in [3.63, 3.8) is 0 Å². The molecule has 0 saturated carbocycles. The molecule has 2 rings (SSSR count). The zero-order chi connectivity index (χ0) is 14.5. The maximum absolute atomic E-state index is 11.7. The molecule has 104 valence electrons. The van der Waals surface area contributed by atoms with E-state index >= 15 is 0 Å². The summed E-state index contributed by atoms with van der Waals surface area (Å²) in [6, 6.07) is 7.32. The maximum atomic E-state index is 11.7. The predicted octanol–water partition coefficient (Wildman–Crippen LogP) is 2.82. The Morgan fingerprint density at radius 1 is 1.40 bits per heavy atom. The summed E-state index contributed by atoms with van der Waals surface area (Å²) >= 11 is 0. The fraction of sp³-hybridized carbons (Fsp3) is 0.154. The molecule has 0 aliphatic heterocycles. The van der Waals surface area contributed by atoms with Crippen LogP contribution < -0.4 is 10.6 Å². The fourth-order valence-electron chi connectivity index (χ4n) is 1.65. The molecule has 0 unspecified atom stereocenters. The Labute approximate surface area is 114 Å². The van der Waals surface area contributed by atoms with Crippen molar-refractivity contribution in [1.29, 1.82) is 0 Å². The molecule has 2 aromatic rings. The molecule has 2 N–H and O–H groups in total. The smallest absolute Gasteiger partial charge is 0.319 e. The Hall–Kier alpha value is -2.83. The first-order chi connectivity index (χ1) is 9.56. The van der Waals surface area contributed by atoms with Gasteiger partial charge in [0.2, 0.25) is 0 Å². The number of anilines is 1. The normalized spacial score (nSPS) is 10.1. The second-order valence-corrected chi connectivity index (χ2v) is 4.14. The molecule has 0 saturated heterocycles. The molecule has 1 heterocycles. The number of amides is 2. The molecular formula is C13H13N3O4. The lowest BCUT2D eigenvalue weighted by Crippen LogP contribution is -2.28. The maximum Gasteiger partial charge on any atom is 0.319 e. The Balaban J connectivity index is 1.95. The summed E-state index contributed by atoms with van der Waals surface area (Å²) < 4.78 is 5.08. The van der Waals surface area contributed by atoms with E-state index in [1.165, 1.54) is 24.5 Å². The third kappa shape index (κ3) is 3.35. The molecule has 0 atom stereocenters. The first-order valence-electron chi connectivity index (χ1n) is 5.88. The highest BCUT2D eigenvalue weighted by Crippen LogP contribution is 2.20. The van der Waals surface area contributed by atoms with E-state index in [1.807, 2.05) is 0 Å². The minimum atomic E-state index is -0.478. The summed E-state index contributed by atoms with van der Waals surface area (Å²) in [5.74, 6) is 0.639. The molecule has 7 nitrogen and oxygen atoms in total. The zero-order valence-electron chi connectivity index (χ0n) is 10.8. The van der Waals surface area contributed by atoms with Crippen molar-refractivity contribution < 1.29 is 14.1 Å². The molecule has 20 heavy (non-hydrogen) atoms. The molecule has 0 radical (unpaired) electrons. The van der Waals surface area contributed by atoms with Crippen molar-refractivity contribution in [2.75, 3.05) is 5.32 Å². The average molecular weight is 275 g/mol. The summed E-state index contributed by atoms with van der Waals surface area (Å²) in [5, 5.41) is 15.9. The van der Waals surface area contributed by atoms with Crippen molar-refractivity contribution in [3.8, 4) is 0 Å². The van der Waals surface area contributed by atoms with Gasteiger partial charge in [0.25, 0.3) is 5.69 Å². The molecule has 0 aliphatic carbocycles. The third-order valence-electron chi connectivity index (χ3n) is 2.67. The van der Waals surface area contributed by atoms with Gasteiger partial charge in [-0.25, -0.2) is 4.79 Å². The molecule has 0 fully saturated rings. The van der Waals surface area contributed by atoms with Crippen LogP contribution in [0.25, 0.3) is 0 Å². The molecule has 7 heteroatoms. The van der Waals surface area contributed by atoms with Crippen LogP contribution in [0.4, 0.5) is 16.2 Å². The molecule has 1 aromatic carbocycles. The van der Waals surface area contributed by atoms with Crippen molar-refractivity contribution >= 4 is 17.4 Å². The highest BCUT2D eigenvalue weighted by atomic mass is 16.6. The van der Waals surface area contributed by atoms with E-state index in [0.717, 1.165) is 0 Å². The summed E-state index contributed by atoms with van der Waals surface area (Å²) in [5.41, 5.74) is 1.13. The Kier molecular flexibility index (Phi) is 3.99. The minimum Gasteiger partial charge on any atom is -0.467 e. The molecule has 0 bridgehead atoms. The first-order valence-corrected chi connectivity index (χ1v) is 5.88. The van der Waals surface area contributed by atoms with Gasteiger partial charge in [-0.3, -0.25) is 10.1 Å². The molecular weight excluding hydrogens is 262 g/mol. The number of rotatable bonds is 4. The van der Waals surface area contributed by atoms with Crippen molar-refractivity contribution in [1.82, 2.24) is 5.32 Å². The van der Waals surface area contributed by atoms with Crippen LogP contribution in [0.15, 0.2) is 41.0 Å². The summed E-state index contributed by atoms with van der Waals surface area (Å²) in [7, 11) is 0. The summed E-state index contributed by atoms with van der Waals surface area (Å²) in [6.07, 6.45) is 1.52. The van der Waals surface area contributed by atoms with E-state index in [-0.39, 0.29) is 12.2 Å². The van der Waals surface area contributed by atoms with Gasteiger partial charge >= 0.3 is 6.03 Å². The first kappa shape index (κ1) is 13.6. The highest BCUT2D eigenvalue weighted by Gasteiger charge is 2.10. The number of hydrogen-bond acceptors (Lipinski definition) is 4. The van der Waals surface area contributed by atoms with E-state index in [4.69, 9.17) is 4.42 Å². The molecule has 2 amide bonds. The van der Waals surface area contributed by atoms with Crippen molar-refractivity contribution in [3.05, 3.63) is 58.0 Å². The van der Waals surface area contributed by atoms with Gasteiger partial charge in [0.1, 0.15) is 5.76 Å². The summed E-state index contributed by atoms with van der Waals surface area (Å²) in [4.78, 5) is 21.8. The molecule has 0 aliphatic rings. The van der Waals surface area contributed by atoms with Gasteiger partial charge in [-0.05, 0) is 30.7 Å². The average Bonchev–Trinajstić information content (AvgIpc) is 2.91. The van der Waals surface area contributed by atoms with Crippen molar-refractivity contribution in [2.45, 2.75) is 13.5 Å². The second kappa shape index (κ2) is 5.87. The number of nitro benzene ring substituents is 1. The van der Waals surface area contributed by atoms with Crippen LogP contribution in [0, 0.1) is 17.0 Å². The molecule has 0 spiro atoms. The van der Waals surface area contributed by atoms with Gasteiger partial charge in [0.15, 0.2) is 0 Å². The number of urea groups is 1. The second-order valence-electron chi connectivity index (χ2n) is 4.14. The number of furan rings is 1. The van der Waals surface area contributed by atoms with Gasteiger partial charge in [-0.15, -0.1) is 0 Å². The number of non-ortho nitro benzene ring substituents is 1. The van der Waals surface area contributed by atoms with E-state index in [9.17, 15) is 14.9 Å². The lowest BCUT2D eigenvalue weighted by Gasteiger charge is -2.08. The summed E-state index contributed by atoms with van der Waals surface area (Å²) in [6.45, 7) is 1.96. The van der Waals surface area contributed by atoms with Crippen LogP contribution in [0.5, 0.6) is 0 Å². The number of nitrogens with one attached hydrogen (secondary N) is 2. The van der Waals surface area contributed by atoms with Gasteiger partial charge < -0.3 is 15.1 Å². The minimum absolute atomic E-state index is 0.0101. The van der Waals surface area contributed by atoms with Gasteiger partial charge in [0, 0.05) is 17.8 Å². The predicted molar refractivity (Wildman–Crippen MR) is 72.4 cm³/mol. The van der Waals surface area contributed by atoms with Crippen LogP contribution in [-0.2, 0) is 6.54 Å². The van der Waals surface area contributed by atoms with Crippen LogP contribution in [0.2, 0.25) is 0 Å². The standard InChI is InChI=1S/C13H13N3O4/c1-9-7-10(16(18)19)4-5-12(9)15-13(17)14-8-11-3-2-6-20-11/h2-7H,8H2,1H3,(H2,14,15,17). The lowest BCUT2D eigenvalue weighted by molar-refractivity contribution is -0.384. The van der Waals surface area contributed by atoms with Gasteiger partial charge in [0.05, 0.1) is 17.7 Å². The number of benzene rings is 1. The van der Waals surface area contributed by atoms with Crippen LogP contribution in [0.1, 0.15) is 11.3 Å². The number of carbonyl (C=O) groups is 1. The molecule has 1 aromatic heterocycles. The highest BCUT2D eigenvalue weighted by molar-refractivity contribution is 5.90. The van der Waals surface area contributed by atoms with E-state index < -0.39 is 11.0 Å². The van der Waals surface area contributed by atoms with Gasteiger partial charge in [-0.1, -0.05) is 0 Å². The Morgan fingerprint density at radius 2 is 2.20 bits per heavy atom. The topological polar surface area (TPSA) is 97.4 Å². The number of carbonyl (C=O) groups excluding carboxylic acids is 1. The number of aryl methyl sites for hydroxylation is 1. The lowest BCUT2D eigenvalue weighted by atomic mass is 10.2. The quantitative estimate of drug-likeness (QED) is 0.662. The number of nitrogens with zero attached hydrogens (tertiary/aromatic N) is 1. The van der Waals surface area contributed by atoms with Crippen LogP contribution in [0.3, 0.4) is 0 Å². The fourth-order valence-corrected chi connectivity index (χ4v) is 1.65. The SMILES string of the molecule is Cc1cc([N+](=O)[O-])ccc1NC(=O)NCc1ccco1. The monoisotopic (exact) mass is 275 g/mol. The van der Waals surface area contributed by atoms with E-state index in [1.54, 1.807) is 19.1 Å². The van der Waals surface area contributed by atoms with Crippen molar-refractivity contribution in [2.24, 2.45) is 0 Å². The number of hydrogen-bond donors (Lipinski definition) is 2. The van der Waals surface area contributed by atoms with E-state index in [0.29, 0.717) is 17.0 Å². The number of nitro groups is 1. The largest absolute Gasteiger partial charge is 0.467 e. The Morgan fingerprint density at radius 3 is 2.80 bits per heavy atom. The van der Waals surface area contributed by atoms with Crippen LogP contribution in [-0.4, -0.2) is 11.0 Å². The zero-order valence-corrected chi connectivity index (χ0v) is 10.8. The van der Waals surface area contributed by atoms with Crippen LogP contribution >= 0.6 is 0 Å². The van der Waals surface area contributed by atoms with Gasteiger partial charge in [-0.2, -0.15) is 0 Å². The third-order valence-corrected chi connectivity index (χ3v) is 2.67. The van der Waals surface area contributed by atoms with E-state index in [2.05, 4.69) is 10.6 Å².